The number of rotatable bonds is 6. The third-order valence-electron chi connectivity index (χ3n) is 2.89. The van der Waals surface area contributed by atoms with Crippen molar-refractivity contribution in [3.63, 3.8) is 0 Å². The zero-order chi connectivity index (χ0) is 13.2. The Bertz CT molecular complexity index is 523. The normalized spacial score (nSPS) is 15.4. The molecule has 0 atom stereocenters. The van der Waals surface area contributed by atoms with Gasteiger partial charge in [0.05, 0.1) is 19.5 Å². The fourth-order valence-corrected chi connectivity index (χ4v) is 3.03. The van der Waals surface area contributed by atoms with Gasteiger partial charge in [-0.3, -0.25) is 0 Å². The molecule has 1 aliphatic carbocycles. The predicted octanol–water partition coefficient (Wildman–Crippen LogP) is 1.29. The van der Waals surface area contributed by atoms with E-state index < -0.39 is 10.0 Å². The molecule has 0 bridgehead atoms. The van der Waals surface area contributed by atoms with Crippen molar-refractivity contribution in [2.75, 3.05) is 14.2 Å². The fraction of sp³-hybridized carbons (Fsp3) is 0.500. The Kier molecular flexibility index (Phi) is 3.77. The highest BCUT2D eigenvalue weighted by Gasteiger charge is 2.35. The molecule has 0 unspecified atom stereocenters. The maximum absolute atomic E-state index is 11.7. The van der Waals surface area contributed by atoms with Gasteiger partial charge in [-0.25, -0.2) is 13.1 Å². The lowest BCUT2D eigenvalue weighted by Gasteiger charge is -2.10. The first-order valence-corrected chi connectivity index (χ1v) is 7.31. The molecule has 1 N–H and O–H groups in total. The molecule has 1 saturated carbocycles. The highest BCUT2D eigenvalue weighted by Crippen LogP contribution is 2.29. The first-order valence-electron chi connectivity index (χ1n) is 5.76. The van der Waals surface area contributed by atoms with Crippen LogP contribution in [0.3, 0.4) is 0 Å². The Labute approximate surface area is 107 Å². The number of ether oxygens (including phenoxy) is 2. The van der Waals surface area contributed by atoms with Crippen LogP contribution in [0.4, 0.5) is 0 Å². The summed E-state index contributed by atoms with van der Waals surface area (Å²) in [5, 5.41) is -0.197. The molecule has 0 aliphatic heterocycles. The van der Waals surface area contributed by atoms with Crippen LogP contribution in [0.25, 0.3) is 0 Å². The SMILES string of the molecule is COc1ccc(CNS(=O)(=O)C2CC2)cc1OC. The number of methoxy groups -OCH3 is 2. The van der Waals surface area contributed by atoms with Crippen LogP contribution in [0.5, 0.6) is 11.5 Å². The lowest BCUT2D eigenvalue weighted by molar-refractivity contribution is 0.354. The lowest BCUT2D eigenvalue weighted by atomic mass is 10.2. The minimum absolute atomic E-state index is 0.197. The minimum atomic E-state index is -3.14. The van der Waals surface area contributed by atoms with Gasteiger partial charge in [0.2, 0.25) is 10.0 Å². The van der Waals surface area contributed by atoms with Crippen molar-refractivity contribution in [1.82, 2.24) is 4.72 Å². The van der Waals surface area contributed by atoms with Gasteiger partial charge in [0, 0.05) is 6.54 Å². The number of nitrogens with one attached hydrogen (secondary N) is 1. The number of hydrogen-bond acceptors (Lipinski definition) is 4. The first-order chi connectivity index (χ1) is 8.56. The maximum atomic E-state index is 11.7. The summed E-state index contributed by atoms with van der Waals surface area (Å²) in [6.07, 6.45) is 1.53. The predicted molar refractivity (Wildman–Crippen MR) is 68.3 cm³/mol. The monoisotopic (exact) mass is 271 g/mol. The van der Waals surface area contributed by atoms with E-state index >= 15 is 0 Å². The molecule has 1 aliphatic rings. The summed E-state index contributed by atoms with van der Waals surface area (Å²) in [6, 6.07) is 5.35. The van der Waals surface area contributed by atoms with Gasteiger partial charge in [-0.05, 0) is 30.5 Å². The van der Waals surface area contributed by atoms with Gasteiger partial charge in [-0.2, -0.15) is 0 Å². The Hall–Kier alpha value is -1.27. The minimum Gasteiger partial charge on any atom is -0.493 e. The summed E-state index contributed by atoms with van der Waals surface area (Å²) in [4.78, 5) is 0. The summed E-state index contributed by atoms with van der Waals surface area (Å²) in [6.45, 7) is 0.277. The van der Waals surface area contributed by atoms with Gasteiger partial charge in [-0.15, -0.1) is 0 Å². The average Bonchev–Trinajstić information content (AvgIpc) is 3.20. The summed E-state index contributed by atoms with van der Waals surface area (Å²) in [5.41, 5.74) is 0.844. The third-order valence-corrected chi connectivity index (χ3v) is 4.78. The molecular formula is C12H17NO4S. The topological polar surface area (TPSA) is 64.6 Å². The summed E-state index contributed by atoms with van der Waals surface area (Å²) in [7, 11) is -0.0282. The van der Waals surface area contributed by atoms with E-state index in [4.69, 9.17) is 9.47 Å². The highest BCUT2D eigenvalue weighted by atomic mass is 32.2. The van der Waals surface area contributed by atoms with Crippen LogP contribution in [-0.4, -0.2) is 27.9 Å². The second-order valence-electron chi connectivity index (χ2n) is 4.25. The van der Waals surface area contributed by atoms with Crippen LogP contribution in [0.2, 0.25) is 0 Å². The molecule has 18 heavy (non-hydrogen) atoms. The summed E-state index contributed by atoms with van der Waals surface area (Å²) < 4.78 is 36.2. The third kappa shape index (κ3) is 2.94. The van der Waals surface area contributed by atoms with E-state index in [2.05, 4.69) is 4.72 Å². The number of sulfonamides is 1. The van der Waals surface area contributed by atoms with Crippen molar-refractivity contribution >= 4 is 10.0 Å². The molecule has 100 valence electrons. The Morgan fingerprint density at radius 3 is 2.44 bits per heavy atom. The molecule has 0 amide bonds. The molecule has 1 aromatic rings. The van der Waals surface area contributed by atoms with Gasteiger partial charge in [-0.1, -0.05) is 6.07 Å². The first kappa shape index (κ1) is 13.2. The van der Waals surface area contributed by atoms with E-state index in [0.29, 0.717) is 11.5 Å². The van der Waals surface area contributed by atoms with E-state index in [1.54, 1.807) is 26.4 Å². The van der Waals surface area contributed by atoms with E-state index in [1.807, 2.05) is 6.07 Å². The lowest BCUT2D eigenvalue weighted by Crippen LogP contribution is -2.26. The van der Waals surface area contributed by atoms with Crippen LogP contribution in [-0.2, 0) is 16.6 Å². The largest absolute Gasteiger partial charge is 0.493 e. The van der Waals surface area contributed by atoms with Crippen LogP contribution >= 0.6 is 0 Å². The summed E-state index contributed by atoms with van der Waals surface area (Å²) >= 11 is 0. The van der Waals surface area contributed by atoms with Crippen molar-refractivity contribution in [3.8, 4) is 11.5 Å². The average molecular weight is 271 g/mol. The smallest absolute Gasteiger partial charge is 0.214 e. The fourth-order valence-electron chi connectivity index (χ4n) is 1.67. The molecule has 5 nitrogen and oxygen atoms in total. The standard InChI is InChI=1S/C12H17NO4S/c1-16-11-6-3-9(7-12(11)17-2)8-13-18(14,15)10-4-5-10/h3,6-7,10,13H,4-5,8H2,1-2H3. The van der Waals surface area contributed by atoms with Crippen LogP contribution < -0.4 is 14.2 Å². The second kappa shape index (κ2) is 5.16. The molecule has 0 radical (unpaired) electrons. The van der Waals surface area contributed by atoms with E-state index in [-0.39, 0.29) is 11.8 Å². The van der Waals surface area contributed by atoms with Crippen molar-refractivity contribution in [1.29, 1.82) is 0 Å². The van der Waals surface area contributed by atoms with Gasteiger partial charge in [0.15, 0.2) is 11.5 Å². The zero-order valence-corrected chi connectivity index (χ0v) is 11.3. The summed E-state index contributed by atoms with van der Waals surface area (Å²) in [5.74, 6) is 1.23. The molecule has 1 aromatic carbocycles. The molecule has 6 heteroatoms. The quantitative estimate of drug-likeness (QED) is 0.846. The van der Waals surface area contributed by atoms with Crippen molar-refractivity contribution < 1.29 is 17.9 Å². The van der Waals surface area contributed by atoms with Gasteiger partial charge < -0.3 is 9.47 Å². The Morgan fingerprint density at radius 1 is 1.22 bits per heavy atom. The molecule has 2 rings (SSSR count). The number of benzene rings is 1. The number of hydrogen-bond donors (Lipinski definition) is 1. The van der Waals surface area contributed by atoms with Gasteiger partial charge in [0.25, 0.3) is 0 Å². The van der Waals surface area contributed by atoms with Crippen molar-refractivity contribution in [2.24, 2.45) is 0 Å². The highest BCUT2D eigenvalue weighted by molar-refractivity contribution is 7.90. The van der Waals surface area contributed by atoms with Crippen molar-refractivity contribution in [2.45, 2.75) is 24.6 Å². The van der Waals surface area contributed by atoms with Gasteiger partial charge >= 0.3 is 0 Å². The van der Waals surface area contributed by atoms with E-state index in [9.17, 15) is 8.42 Å². The van der Waals surface area contributed by atoms with Gasteiger partial charge in [0.1, 0.15) is 0 Å². The maximum Gasteiger partial charge on any atom is 0.214 e. The molecule has 0 aromatic heterocycles. The van der Waals surface area contributed by atoms with Crippen molar-refractivity contribution in [3.05, 3.63) is 23.8 Å². The molecular weight excluding hydrogens is 254 g/mol. The van der Waals surface area contributed by atoms with E-state index in [0.717, 1.165) is 18.4 Å². The molecule has 1 fully saturated rings. The molecule has 0 spiro atoms. The second-order valence-corrected chi connectivity index (χ2v) is 6.30. The van der Waals surface area contributed by atoms with Crippen LogP contribution in [0.1, 0.15) is 18.4 Å². The molecule has 0 heterocycles. The Morgan fingerprint density at radius 2 is 1.89 bits per heavy atom. The van der Waals surface area contributed by atoms with Crippen LogP contribution in [0.15, 0.2) is 18.2 Å². The Balaban J connectivity index is 2.05. The van der Waals surface area contributed by atoms with Crippen LogP contribution in [0, 0.1) is 0 Å². The van der Waals surface area contributed by atoms with E-state index in [1.165, 1.54) is 0 Å². The zero-order valence-electron chi connectivity index (χ0n) is 10.5. The molecule has 0 saturated heterocycles.